The molecule has 0 aliphatic carbocycles. The molecule has 114 valence electrons. The lowest BCUT2D eigenvalue weighted by Crippen LogP contribution is -2.34. The number of hydrogen-bond acceptors (Lipinski definition) is 3. The molecular weight excluding hydrogens is 296 g/mol. The molecule has 1 aromatic rings. The van der Waals surface area contributed by atoms with E-state index in [1.165, 1.54) is 10.4 Å². The van der Waals surface area contributed by atoms with Crippen LogP contribution in [0.2, 0.25) is 5.02 Å². The summed E-state index contributed by atoms with van der Waals surface area (Å²) >= 11 is 5.99. The predicted molar refractivity (Wildman–Crippen MR) is 83.4 cm³/mol. The second kappa shape index (κ2) is 6.89. The number of sulfonamides is 1. The van der Waals surface area contributed by atoms with Crippen LogP contribution in [0.4, 0.5) is 0 Å². The standard InChI is InChI=1S/C14H23ClN2O2S/c1-10(2)14(16)7-8-17(4)20(18,19)12-6-5-11(3)13(15)9-12/h5-6,9-10,14H,7-8,16H2,1-4H3. The normalized spacial score (nSPS) is 14.0. The smallest absolute Gasteiger partial charge is 0.242 e. The lowest BCUT2D eigenvalue weighted by molar-refractivity contribution is 0.397. The zero-order valence-corrected chi connectivity index (χ0v) is 14.0. The van der Waals surface area contributed by atoms with Gasteiger partial charge in [-0.3, -0.25) is 0 Å². The molecule has 0 amide bonds. The Morgan fingerprint density at radius 1 is 1.35 bits per heavy atom. The van der Waals surface area contributed by atoms with Crippen molar-refractivity contribution in [2.75, 3.05) is 13.6 Å². The molecule has 0 heterocycles. The maximum absolute atomic E-state index is 12.4. The van der Waals surface area contributed by atoms with E-state index in [1.807, 2.05) is 20.8 Å². The number of rotatable bonds is 6. The van der Waals surface area contributed by atoms with Crippen molar-refractivity contribution in [2.24, 2.45) is 11.7 Å². The molecule has 0 aliphatic heterocycles. The van der Waals surface area contributed by atoms with E-state index in [0.29, 0.717) is 23.9 Å². The second-order valence-corrected chi connectivity index (χ2v) is 7.89. The van der Waals surface area contributed by atoms with Gasteiger partial charge in [0.1, 0.15) is 0 Å². The first-order chi connectivity index (χ1) is 9.16. The molecule has 0 saturated heterocycles. The van der Waals surface area contributed by atoms with E-state index >= 15 is 0 Å². The number of hydrogen-bond donors (Lipinski definition) is 1. The third-order valence-corrected chi connectivity index (χ3v) is 5.75. The van der Waals surface area contributed by atoms with Gasteiger partial charge in [-0.2, -0.15) is 0 Å². The monoisotopic (exact) mass is 318 g/mol. The van der Waals surface area contributed by atoms with E-state index in [-0.39, 0.29) is 10.9 Å². The van der Waals surface area contributed by atoms with Gasteiger partial charge in [0.25, 0.3) is 0 Å². The average molecular weight is 319 g/mol. The van der Waals surface area contributed by atoms with Crippen molar-refractivity contribution in [1.82, 2.24) is 4.31 Å². The van der Waals surface area contributed by atoms with E-state index in [2.05, 4.69) is 0 Å². The van der Waals surface area contributed by atoms with E-state index in [4.69, 9.17) is 17.3 Å². The van der Waals surface area contributed by atoms with Gasteiger partial charge in [-0.05, 0) is 37.0 Å². The van der Waals surface area contributed by atoms with Gasteiger partial charge in [-0.1, -0.05) is 31.5 Å². The molecular formula is C14H23ClN2O2S. The molecule has 0 aliphatic rings. The van der Waals surface area contributed by atoms with Gasteiger partial charge in [0.05, 0.1) is 4.90 Å². The van der Waals surface area contributed by atoms with Gasteiger partial charge in [0, 0.05) is 24.7 Å². The summed E-state index contributed by atoms with van der Waals surface area (Å²) in [6.45, 7) is 6.29. The van der Waals surface area contributed by atoms with E-state index in [0.717, 1.165) is 5.56 Å². The summed E-state index contributed by atoms with van der Waals surface area (Å²) in [5.41, 5.74) is 6.80. The maximum Gasteiger partial charge on any atom is 0.242 e. The molecule has 0 saturated carbocycles. The lowest BCUT2D eigenvalue weighted by Gasteiger charge is -2.21. The first-order valence-electron chi connectivity index (χ1n) is 6.64. The first-order valence-corrected chi connectivity index (χ1v) is 8.46. The molecule has 20 heavy (non-hydrogen) atoms. The fourth-order valence-corrected chi connectivity index (χ4v) is 3.16. The predicted octanol–water partition coefficient (Wildman–Crippen LogP) is 2.64. The second-order valence-electron chi connectivity index (χ2n) is 5.43. The molecule has 1 rings (SSSR count). The molecule has 6 heteroatoms. The quantitative estimate of drug-likeness (QED) is 0.877. The summed E-state index contributed by atoms with van der Waals surface area (Å²) in [6.07, 6.45) is 0.632. The van der Waals surface area contributed by atoms with Crippen molar-refractivity contribution in [3.63, 3.8) is 0 Å². The Balaban J connectivity index is 2.84. The van der Waals surface area contributed by atoms with Gasteiger partial charge in [0.15, 0.2) is 0 Å². The van der Waals surface area contributed by atoms with Crippen molar-refractivity contribution < 1.29 is 8.42 Å². The fourth-order valence-electron chi connectivity index (χ4n) is 1.70. The SMILES string of the molecule is Cc1ccc(S(=O)(=O)N(C)CCC(N)C(C)C)cc1Cl. The summed E-state index contributed by atoms with van der Waals surface area (Å²) in [5.74, 6) is 0.333. The molecule has 0 fully saturated rings. The van der Waals surface area contributed by atoms with Crippen LogP contribution in [0.1, 0.15) is 25.8 Å². The van der Waals surface area contributed by atoms with Crippen LogP contribution >= 0.6 is 11.6 Å². The molecule has 0 spiro atoms. The van der Waals surface area contributed by atoms with Crippen molar-refractivity contribution in [1.29, 1.82) is 0 Å². The summed E-state index contributed by atoms with van der Waals surface area (Å²) in [7, 11) is -1.94. The van der Waals surface area contributed by atoms with Crippen molar-refractivity contribution in [2.45, 2.75) is 38.1 Å². The third kappa shape index (κ3) is 4.19. The minimum absolute atomic E-state index is 0.00532. The molecule has 4 nitrogen and oxygen atoms in total. The van der Waals surface area contributed by atoms with Crippen molar-refractivity contribution >= 4 is 21.6 Å². The van der Waals surface area contributed by atoms with Crippen LogP contribution < -0.4 is 5.73 Å². The first kappa shape index (κ1) is 17.4. The molecule has 1 aromatic carbocycles. The third-order valence-electron chi connectivity index (χ3n) is 3.49. The Labute approximate surface area is 127 Å². The lowest BCUT2D eigenvalue weighted by atomic mass is 10.0. The van der Waals surface area contributed by atoms with Crippen molar-refractivity contribution in [3.05, 3.63) is 28.8 Å². The molecule has 2 N–H and O–H groups in total. The number of benzene rings is 1. The minimum atomic E-state index is -3.51. The largest absolute Gasteiger partial charge is 0.327 e. The topological polar surface area (TPSA) is 63.4 Å². The highest BCUT2D eigenvalue weighted by Crippen LogP contribution is 2.22. The Kier molecular flexibility index (Phi) is 6.01. The van der Waals surface area contributed by atoms with Crippen LogP contribution in [0.3, 0.4) is 0 Å². The van der Waals surface area contributed by atoms with E-state index < -0.39 is 10.0 Å². The summed E-state index contributed by atoms with van der Waals surface area (Å²) in [5, 5.41) is 0.457. The number of nitrogens with two attached hydrogens (primary N) is 1. The molecule has 0 bridgehead atoms. The van der Waals surface area contributed by atoms with Crippen LogP contribution in [-0.2, 0) is 10.0 Å². The van der Waals surface area contributed by atoms with Gasteiger partial charge in [-0.25, -0.2) is 12.7 Å². The number of nitrogens with zero attached hydrogens (tertiary/aromatic N) is 1. The highest BCUT2D eigenvalue weighted by Gasteiger charge is 2.22. The van der Waals surface area contributed by atoms with Crippen LogP contribution in [-0.4, -0.2) is 32.4 Å². The maximum atomic E-state index is 12.4. The summed E-state index contributed by atoms with van der Waals surface area (Å²) in [6, 6.07) is 4.78. The number of aryl methyl sites for hydroxylation is 1. The molecule has 1 unspecified atom stereocenters. The van der Waals surface area contributed by atoms with Gasteiger partial charge in [0.2, 0.25) is 10.0 Å². The fraction of sp³-hybridized carbons (Fsp3) is 0.571. The van der Waals surface area contributed by atoms with Gasteiger partial charge >= 0.3 is 0 Å². The van der Waals surface area contributed by atoms with Crippen molar-refractivity contribution in [3.8, 4) is 0 Å². The average Bonchev–Trinajstić information content (AvgIpc) is 2.38. The highest BCUT2D eigenvalue weighted by molar-refractivity contribution is 7.89. The minimum Gasteiger partial charge on any atom is -0.327 e. The summed E-state index contributed by atoms with van der Waals surface area (Å²) in [4.78, 5) is 0.216. The Morgan fingerprint density at radius 3 is 2.45 bits per heavy atom. The Morgan fingerprint density at radius 2 is 1.95 bits per heavy atom. The van der Waals surface area contributed by atoms with Crippen LogP contribution in [0.15, 0.2) is 23.1 Å². The Hall–Kier alpha value is -0.620. The highest BCUT2D eigenvalue weighted by atomic mass is 35.5. The van der Waals surface area contributed by atoms with Gasteiger partial charge in [-0.15, -0.1) is 0 Å². The van der Waals surface area contributed by atoms with E-state index in [1.54, 1.807) is 19.2 Å². The van der Waals surface area contributed by atoms with E-state index in [9.17, 15) is 8.42 Å². The Bertz CT molecular complexity index is 558. The van der Waals surface area contributed by atoms with Gasteiger partial charge < -0.3 is 5.73 Å². The van der Waals surface area contributed by atoms with Crippen LogP contribution in [0, 0.1) is 12.8 Å². The number of halogens is 1. The zero-order chi connectivity index (χ0) is 15.5. The van der Waals surface area contributed by atoms with Crippen LogP contribution in [0.5, 0.6) is 0 Å². The molecule has 0 radical (unpaired) electrons. The van der Waals surface area contributed by atoms with Crippen LogP contribution in [0.25, 0.3) is 0 Å². The molecule has 1 atom stereocenters. The molecule has 0 aromatic heterocycles. The summed E-state index contributed by atoms with van der Waals surface area (Å²) < 4.78 is 26.1. The zero-order valence-electron chi connectivity index (χ0n) is 12.4.